The predicted molar refractivity (Wildman–Crippen MR) is 247 cm³/mol. The number of nitrogens with two attached hydrogens (primary N) is 6. The van der Waals surface area contributed by atoms with E-state index < -0.39 is 108 Å². The van der Waals surface area contributed by atoms with Gasteiger partial charge >= 0.3 is 5.97 Å². The van der Waals surface area contributed by atoms with Gasteiger partial charge < -0.3 is 86.1 Å². The summed E-state index contributed by atoms with van der Waals surface area (Å²) >= 11 is 0. The summed E-state index contributed by atoms with van der Waals surface area (Å²) in [5, 5.41) is 43.5. The number of carboxylic acids is 1. The van der Waals surface area contributed by atoms with E-state index in [1.54, 1.807) is 0 Å². The van der Waals surface area contributed by atoms with Gasteiger partial charge in [-0.1, -0.05) is 0 Å². The van der Waals surface area contributed by atoms with E-state index in [2.05, 4.69) is 31.6 Å². The molecule has 0 radical (unpaired) electrons. The molecule has 0 aromatic carbocycles. The van der Waals surface area contributed by atoms with Crippen LogP contribution in [0.15, 0.2) is 4.99 Å². The summed E-state index contributed by atoms with van der Waals surface area (Å²) in [7, 11) is 0. The van der Waals surface area contributed by atoms with Gasteiger partial charge in [-0.05, 0) is 130 Å². The predicted octanol–water partition coefficient (Wildman–Crippen LogP) is -4.99. The van der Waals surface area contributed by atoms with Crippen LogP contribution in [0, 0.1) is 0 Å². The average molecular weight is 955 g/mol. The lowest BCUT2D eigenvalue weighted by Crippen LogP contribution is -2.61. The number of carbonyl (C=O) groups is 8. The lowest BCUT2D eigenvalue weighted by molar-refractivity contribution is -0.145. The van der Waals surface area contributed by atoms with Crippen LogP contribution in [0.5, 0.6) is 0 Å². The van der Waals surface area contributed by atoms with Crippen LogP contribution in [0.25, 0.3) is 0 Å². The number of hydrogen-bond donors (Lipinski definition) is 14. The van der Waals surface area contributed by atoms with Crippen molar-refractivity contribution < 1.29 is 53.7 Å². The number of aliphatic hydroxyl groups is 2. The fourth-order valence-corrected chi connectivity index (χ4v) is 7.97. The van der Waals surface area contributed by atoms with Crippen LogP contribution in [0.3, 0.4) is 0 Å². The second-order valence-electron chi connectivity index (χ2n) is 17.3. The molecule has 0 aromatic rings. The second kappa shape index (κ2) is 30.2. The van der Waals surface area contributed by atoms with Crippen molar-refractivity contribution in [1.29, 1.82) is 0 Å². The first-order valence-electron chi connectivity index (χ1n) is 23.4. The number of rotatable bonds is 31. The summed E-state index contributed by atoms with van der Waals surface area (Å²) in [5.74, 6) is -6.50. The third kappa shape index (κ3) is 19.1. The molecule has 25 nitrogen and oxygen atoms in total. The van der Waals surface area contributed by atoms with Gasteiger partial charge in [0, 0.05) is 19.6 Å². The highest BCUT2D eigenvalue weighted by molar-refractivity contribution is 5.98. The zero-order valence-corrected chi connectivity index (χ0v) is 39.0. The molecule has 20 N–H and O–H groups in total. The minimum absolute atomic E-state index is 0.0123. The first kappa shape index (κ1) is 57.9. The van der Waals surface area contributed by atoms with E-state index in [9.17, 15) is 53.7 Å². The van der Waals surface area contributed by atoms with Gasteiger partial charge in [-0.2, -0.15) is 0 Å². The summed E-state index contributed by atoms with van der Waals surface area (Å²) in [6.07, 6.45) is 1.96. The molecule has 382 valence electrons. The molecule has 0 aromatic heterocycles. The summed E-state index contributed by atoms with van der Waals surface area (Å²) < 4.78 is 0. The van der Waals surface area contributed by atoms with Gasteiger partial charge in [-0.25, -0.2) is 4.79 Å². The van der Waals surface area contributed by atoms with E-state index in [1.807, 2.05) is 0 Å². The van der Waals surface area contributed by atoms with Crippen LogP contribution in [0.2, 0.25) is 0 Å². The average Bonchev–Trinajstić information content (AvgIpc) is 3.98. The van der Waals surface area contributed by atoms with Gasteiger partial charge in [0.25, 0.3) is 0 Å². The number of aliphatic hydroxyl groups excluding tert-OH is 2. The maximum absolute atomic E-state index is 14.2. The van der Waals surface area contributed by atoms with E-state index >= 15 is 0 Å². The number of likely N-dealkylation sites (tertiary alicyclic amines) is 2. The zero-order valence-electron chi connectivity index (χ0n) is 39.0. The van der Waals surface area contributed by atoms with Crippen molar-refractivity contribution >= 4 is 53.3 Å². The fraction of sp³-hybridized carbons (Fsp3) is 0.786. The maximum atomic E-state index is 14.2. The Balaban J connectivity index is 2.29. The molecular weight excluding hydrogens is 877 g/mol. The Morgan fingerprint density at radius 3 is 1.43 bits per heavy atom. The standard InChI is InChI=1S/C42H78N14O11/c1-24(57)32(46)37(62)51-27(13-4-7-19-44)39(64)55-22-10-16-30(55)35(60)50-26(12-3-6-18-43)34(59)54-33(25(2)58)38(63)52-28(14-5-8-20-45)40(65)56-23-11-17-31(56)36(61)53-29(41(66)67)15-9-21-49-42(47)48/h24-33,57-58H,3-23,43-46H2,1-2H3,(H,50,60)(H,51,62)(H,52,63)(H,53,61)(H,54,59)(H,66,67)(H4,47,48,49). The van der Waals surface area contributed by atoms with E-state index in [1.165, 1.54) is 23.6 Å². The third-order valence-electron chi connectivity index (χ3n) is 11.8. The summed E-state index contributed by atoms with van der Waals surface area (Å²) in [4.78, 5) is 115. The van der Waals surface area contributed by atoms with Crippen LogP contribution in [0.1, 0.15) is 110 Å². The number of aliphatic carboxylic acids is 1. The number of aliphatic imine (C=N–C) groups is 1. The number of carboxylic acid groups (broad SMARTS) is 1. The molecule has 7 amide bonds. The largest absolute Gasteiger partial charge is 0.480 e. The van der Waals surface area contributed by atoms with Crippen molar-refractivity contribution in [3.63, 3.8) is 0 Å². The fourth-order valence-electron chi connectivity index (χ4n) is 7.97. The molecule has 2 aliphatic heterocycles. The Bertz CT molecular complexity index is 1670. The molecule has 2 rings (SSSR count). The summed E-state index contributed by atoms with van der Waals surface area (Å²) in [6.45, 7) is 3.96. The molecule has 10 unspecified atom stereocenters. The minimum Gasteiger partial charge on any atom is -0.480 e. The van der Waals surface area contributed by atoms with Gasteiger partial charge in [0.2, 0.25) is 41.4 Å². The maximum Gasteiger partial charge on any atom is 0.326 e. The van der Waals surface area contributed by atoms with Gasteiger partial charge in [-0.15, -0.1) is 0 Å². The molecule has 2 aliphatic rings. The Labute approximate surface area is 392 Å². The lowest BCUT2D eigenvalue weighted by atomic mass is 10.0. The highest BCUT2D eigenvalue weighted by atomic mass is 16.4. The Hall–Kier alpha value is -5.21. The van der Waals surface area contributed by atoms with Crippen LogP contribution in [0.4, 0.5) is 0 Å². The first-order chi connectivity index (χ1) is 31.8. The van der Waals surface area contributed by atoms with Gasteiger partial charge in [0.15, 0.2) is 5.96 Å². The Morgan fingerprint density at radius 1 is 0.582 bits per heavy atom. The topological polar surface area (TPSA) is 432 Å². The molecule has 0 bridgehead atoms. The van der Waals surface area contributed by atoms with E-state index in [-0.39, 0.29) is 83.6 Å². The van der Waals surface area contributed by atoms with Gasteiger partial charge in [0.05, 0.1) is 12.2 Å². The number of nitrogens with one attached hydrogen (secondary N) is 5. The lowest BCUT2D eigenvalue weighted by Gasteiger charge is -2.32. The molecule has 2 fully saturated rings. The minimum atomic E-state index is -1.63. The van der Waals surface area contributed by atoms with Crippen molar-refractivity contribution in [3.05, 3.63) is 0 Å². The molecule has 0 aliphatic carbocycles. The zero-order chi connectivity index (χ0) is 50.2. The molecule has 2 saturated heterocycles. The van der Waals surface area contributed by atoms with Crippen LogP contribution >= 0.6 is 0 Å². The smallest absolute Gasteiger partial charge is 0.326 e. The summed E-state index contributed by atoms with van der Waals surface area (Å²) in [6, 6.07) is -9.88. The SMILES string of the molecule is CC(O)C(N)C(=O)NC(CCCCN)C(=O)N1CCCC1C(=O)NC(CCCCN)C(=O)NC(C(=O)NC(CCCCN)C(=O)N1CCCC1C(=O)NC(CCCN=C(N)N)C(=O)O)C(C)O. The highest BCUT2D eigenvalue weighted by Crippen LogP contribution is 2.22. The molecule has 0 saturated carbocycles. The first-order valence-corrected chi connectivity index (χ1v) is 23.4. The van der Waals surface area contributed by atoms with Crippen LogP contribution < -0.4 is 61.0 Å². The number of guanidine groups is 1. The quantitative estimate of drug-likeness (QED) is 0.0176. The molecule has 2 heterocycles. The van der Waals surface area contributed by atoms with Crippen LogP contribution in [-0.4, -0.2) is 178 Å². The number of nitrogens with zero attached hydrogens (tertiary/aromatic N) is 3. The van der Waals surface area contributed by atoms with E-state index in [0.717, 1.165) is 0 Å². The van der Waals surface area contributed by atoms with Crippen molar-refractivity contribution in [1.82, 2.24) is 36.4 Å². The second-order valence-corrected chi connectivity index (χ2v) is 17.3. The normalized spacial score (nSPS) is 19.4. The highest BCUT2D eigenvalue weighted by Gasteiger charge is 2.42. The van der Waals surface area contributed by atoms with Crippen molar-refractivity contribution in [2.24, 2.45) is 39.4 Å². The summed E-state index contributed by atoms with van der Waals surface area (Å²) in [5.41, 5.74) is 33.6. The van der Waals surface area contributed by atoms with Crippen molar-refractivity contribution in [2.75, 3.05) is 39.3 Å². The number of unbranched alkanes of at least 4 members (excludes halogenated alkanes) is 3. The van der Waals surface area contributed by atoms with Crippen LogP contribution in [-0.2, 0) is 38.4 Å². The number of hydrogen-bond acceptors (Lipinski definition) is 15. The van der Waals surface area contributed by atoms with Crippen molar-refractivity contribution in [2.45, 2.75) is 171 Å². The van der Waals surface area contributed by atoms with Gasteiger partial charge in [-0.3, -0.25) is 38.6 Å². The number of amides is 7. The molecule has 0 spiro atoms. The van der Waals surface area contributed by atoms with E-state index in [0.29, 0.717) is 57.9 Å². The monoisotopic (exact) mass is 955 g/mol. The van der Waals surface area contributed by atoms with E-state index in [4.69, 9.17) is 34.4 Å². The molecule has 67 heavy (non-hydrogen) atoms. The van der Waals surface area contributed by atoms with Crippen molar-refractivity contribution in [3.8, 4) is 0 Å². The third-order valence-corrected chi connectivity index (χ3v) is 11.8. The Kier molecular flexibility index (Phi) is 26.1. The molecule has 25 heteroatoms. The van der Waals surface area contributed by atoms with Gasteiger partial charge in [0.1, 0.15) is 48.3 Å². The molecule has 10 atom stereocenters. The number of carbonyl (C=O) groups excluding carboxylic acids is 7. The Morgan fingerprint density at radius 2 is 1.01 bits per heavy atom. The molecular formula is C42H78N14O11.